The molecule has 1 aromatic carbocycles. The summed E-state index contributed by atoms with van der Waals surface area (Å²) in [4.78, 5) is 16.6. The van der Waals surface area contributed by atoms with Crippen molar-refractivity contribution in [3.8, 4) is 0 Å². The van der Waals surface area contributed by atoms with E-state index in [-0.39, 0.29) is 5.91 Å². The van der Waals surface area contributed by atoms with Gasteiger partial charge in [-0.3, -0.25) is 9.69 Å². The van der Waals surface area contributed by atoms with Gasteiger partial charge in [-0.25, -0.2) is 0 Å². The number of hydrogen-bond donors (Lipinski definition) is 0. The molecular formula is C18H23N3O2. The molecule has 5 heteroatoms. The van der Waals surface area contributed by atoms with Crippen molar-refractivity contribution in [2.24, 2.45) is 0 Å². The second kappa shape index (κ2) is 6.96. The highest BCUT2D eigenvalue weighted by Crippen LogP contribution is 2.12. The van der Waals surface area contributed by atoms with Crippen LogP contribution in [0, 0.1) is 13.8 Å². The van der Waals surface area contributed by atoms with E-state index in [2.05, 4.69) is 41.2 Å². The number of benzene rings is 1. The lowest BCUT2D eigenvalue weighted by Gasteiger charge is -2.34. The molecule has 0 spiro atoms. The van der Waals surface area contributed by atoms with Gasteiger partial charge in [-0.2, -0.15) is 0 Å². The van der Waals surface area contributed by atoms with E-state index >= 15 is 0 Å². The van der Waals surface area contributed by atoms with Gasteiger partial charge in [-0.1, -0.05) is 35.0 Å². The summed E-state index contributed by atoms with van der Waals surface area (Å²) in [6.07, 6.45) is 0.304. The molecule has 0 radical (unpaired) electrons. The summed E-state index contributed by atoms with van der Waals surface area (Å²) in [7, 11) is 0. The molecule has 1 fully saturated rings. The first-order valence-corrected chi connectivity index (χ1v) is 8.08. The van der Waals surface area contributed by atoms with Crippen LogP contribution in [0.3, 0.4) is 0 Å². The highest BCUT2D eigenvalue weighted by Gasteiger charge is 2.22. The zero-order valence-electron chi connectivity index (χ0n) is 13.8. The van der Waals surface area contributed by atoms with Gasteiger partial charge in [-0.05, 0) is 19.4 Å². The molecule has 0 aliphatic carbocycles. The van der Waals surface area contributed by atoms with Crippen LogP contribution in [0.4, 0.5) is 0 Å². The van der Waals surface area contributed by atoms with Crippen LogP contribution >= 0.6 is 0 Å². The van der Waals surface area contributed by atoms with E-state index in [0.29, 0.717) is 12.2 Å². The first-order valence-electron chi connectivity index (χ1n) is 8.08. The van der Waals surface area contributed by atoms with Gasteiger partial charge in [0.2, 0.25) is 5.91 Å². The summed E-state index contributed by atoms with van der Waals surface area (Å²) in [6.45, 7) is 8.30. The Morgan fingerprint density at radius 2 is 1.96 bits per heavy atom. The second-order valence-corrected chi connectivity index (χ2v) is 6.26. The van der Waals surface area contributed by atoms with Gasteiger partial charge in [0.1, 0.15) is 5.76 Å². The van der Waals surface area contributed by atoms with Crippen LogP contribution in [0.25, 0.3) is 0 Å². The molecule has 2 aromatic rings. The summed E-state index contributed by atoms with van der Waals surface area (Å²) in [5.41, 5.74) is 3.44. The van der Waals surface area contributed by atoms with Crippen LogP contribution in [0.15, 0.2) is 34.9 Å². The Balaban J connectivity index is 1.49. The Morgan fingerprint density at radius 1 is 1.17 bits per heavy atom. The van der Waals surface area contributed by atoms with Crippen LogP contribution < -0.4 is 0 Å². The molecule has 0 bridgehead atoms. The lowest BCUT2D eigenvalue weighted by atomic mass is 10.1. The average Bonchev–Trinajstić information content (AvgIpc) is 2.93. The maximum absolute atomic E-state index is 12.3. The molecule has 0 atom stereocenters. The van der Waals surface area contributed by atoms with Crippen molar-refractivity contribution >= 4 is 5.91 Å². The van der Waals surface area contributed by atoms with E-state index in [4.69, 9.17) is 4.52 Å². The molecule has 1 aliphatic heterocycles. The van der Waals surface area contributed by atoms with E-state index in [1.54, 1.807) is 0 Å². The van der Waals surface area contributed by atoms with Crippen molar-refractivity contribution in [1.82, 2.24) is 15.0 Å². The SMILES string of the molecule is Cc1cccc(CN2CCN(C(=O)Cc3cc(C)no3)CC2)c1. The predicted molar refractivity (Wildman–Crippen MR) is 88.0 cm³/mol. The van der Waals surface area contributed by atoms with Crippen molar-refractivity contribution in [1.29, 1.82) is 0 Å². The lowest BCUT2D eigenvalue weighted by Crippen LogP contribution is -2.48. The number of amides is 1. The Morgan fingerprint density at radius 3 is 2.61 bits per heavy atom. The van der Waals surface area contributed by atoms with Gasteiger partial charge in [0.25, 0.3) is 0 Å². The van der Waals surface area contributed by atoms with Crippen molar-refractivity contribution in [2.45, 2.75) is 26.8 Å². The lowest BCUT2D eigenvalue weighted by molar-refractivity contribution is -0.132. The molecule has 0 unspecified atom stereocenters. The predicted octanol–water partition coefficient (Wildman–Crippen LogP) is 2.18. The first kappa shape index (κ1) is 15.7. The van der Waals surface area contributed by atoms with Gasteiger partial charge in [-0.15, -0.1) is 0 Å². The molecule has 122 valence electrons. The summed E-state index contributed by atoms with van der Waals surface area (Å²) >= 11 is 0. The number of nitrogens with zero attached hydrogens (tertiary/aromatic N) is 3. The van der Waals surface area contributed by atoms with E-state index < -0.39 is 0 Å². The van der Waals surface area contributed by atoms with E-state index in [9.17, 15) is 4.79 Å². The third kappa shape index (κ3) is 4.20. The van der Waals surface area contributed by atoms with Crippen LogP contribution in [0.2, 0.25) is 0 Å². The molecule has 1 saturated heterocycles. The van der Waals surface area contributed by atoms with E-state index in [1.807, 2.05) is 17.9 Å². The second-order valence-electron chi connectivity index (χ2n) is 6.26. The Hall–Kier alpha value is -2.14. The van der Waals surface area contributed by atoms with Crippen LogP contribution in [0.1, 0.15) is 22.6 Å². The topological polar surface area (TPSA) is 49.6 Å². The zero-order valence-corrected chi connectivity index (χ0v) is 13.8. The fraction of sp³-hybridized carbons (Fsp3) is 0.444. The Kier molecular flexibility index (Phi) is 4.76. The van der Waals surface area contributed by atoms with Gasteiger partial charge >= 0.3 is 0 Å². The van der Waals surface area contributed by atoms with Crippen LogP contribution in [-0.4, -0.2) is 47.0 Å². The standard InChI is InChI=1S/C18H23N3O2/c1-14-4-3-5-16(10-14)13-20-6-8-21(9-7-20)18(22)12-17-11-15(2)19-23-17/h3-5,10-11H,6-9,12-13H2,1-2H3. The summed E-state index contributed by atoms with van der Waals surface area (Å²) in [5.74, 6) is 0.769. The van der Waals surface area contributed by atoms with Gasteiger partial charge < -0.3 is 9.42 Å². The minimum atomic E-state index is 0.122. The Bertz CT molecular complexity index is 672. The molecule has 0 saturated carbocycles. The normalized spacial score (nSPS) is 15.8. The van der Waals surface area contributed by atoms with Gasteiger partial charge in [0, 0.05) is 38.8 Å². The molecule has 1 amide bonds. The minimum Gasteiger partial charge on any atom is -0.361 e. The number of carbonyl (C=O) groups is 1. The molecule has 2 heterocycles. The number of rotatable bonds is 4. The van der Waals surface area contributed by atoms with Crippen LogP contribution in [-0.2, 0) is 17.8 Å². The van der Waals surface area contributed by atoms with Crippen molar-refractivity contribution < 1.29 is 9.32 Å². The summed E-state index contributed by atoms with van der Waals surface area (Å²) in [6, 6.07) is 10.4. The minimum absolute atomic E-state index is 0.122. The van der Waals surface area contributed by atoms with Crippen molar-refractivity contribution in [3.05, 3.63) is 52.9 Å². The third-order valence-corrected chi connectivity index (χ3v) is 4.22. The zero-order chi connectivity index (χ0) is 16.2. The number of aryl methyl sites for hydroxylation is 2. The monoisotopic (exact) mass is 313 g/mol. The maximum Gasteiger partial charge on any atom is 0.230 e. The first-order chi connectivity index (χ1) is 11.1. The molecular weight excluding hydrogens is 290 g/mol. The highest BCUT2D eigenvalue weighted by atomic mass is 16.5. The fourth-order valence-corrected chi connectivity index (χ4v) is 2.98. The van der Waals surface area contributed by atoms with E-state index in [1.165, 1.54) is 11.1 Å². The van der Waals surface area contributed by atoms with E-state index in [0.717, 1.165) is 38.4 Å². The summed E-state index contributed by atoms with van der Waals surface area (Å²) < 4.78 is 5.13. The number of aromatic nitrogens is 1. The molecule has 3 rings (SSSR count). The largest absolute Gasteiger partial charge is 0.361 e. The number of carbonyl (C=O) groups excluding carboxylic acids is 1. The van der Waals surface area contributed by atoms with Crippen LogP contribution in [0.5, 0.6) is 0 Å². The average molecular weight is 313 g/mol. The molecule has 1 aromatic heterocycles. The van der Waals surface area contributed by atoms with Crippen molar-refractivity contribution in [2.75, 3.05) is 26.2 Å². The molecule has 5 nitrogen and oxygen atoms in total. The summed E-state index contributed by atoms with van der Waals surface area (Å²) in [5, 5.41) is 3.83. The fourth-order valence-electron chi connectivity index (χ4n) is 2.98. The molecule has 0 N–H and O–H groups in total. The smallest absolute Gasteiger partial charge is 0.230 e. The molecule has 1 aliphatic rings. The van der Waals surface area contributed by atoms with Gasteiger partial charge in [0.15, 0.2) is 0 Å². The third-order valence-electron chi connectivity index (χ3n) is 4.22. The number of hydrogen-bond acceptors (Lipinski definition) is 4. The quantitative estimate of drug-likeness (QED) is 0.868. The highest BCUT2D eigenvalue weighted by molar-refractivity contribution is 5.78. The van der Waals surface area contributed by atoms with Crippen molar-refractivity contribution in [3.63, 3.8) is 0 Å². The van der Waals surface area contributed by atoms with Gasteiger partial charge in [0.05, 0.1) is 12.1 Å². The number of piperazine rings is 1. The molecule has 23 heavy (non-hydrogen) atoms. The Labute approximate surface area is 136 Å². The maximum atomic E-state index is 12.3.